The lowest BCUT2D eigenvalue weighted by Gasteiger charge is -2.51. The molecule has 13 rings (SSSR count). The molecule has 4 heteroatoms. The van der Waals surface area contributed by atoms with Crippen molar-refractivity contribution in [2.45, 2.75) is 12.3 Å². The zero-order chi connectivity index (χ0) is 36.7. The lowest BCUT2D eigenvalue weighted by molar-refractivity contribution is 0.631. The van der Waals surface area contributed by atoms with E-state index in [9.17, 15) is 0 Å². The van der Waals surface area contributed by atoms with Crippen LogP contribution in [0.3, 0.4) is 0 Å². The monoisotopic (exact) mass is 712 g/mol. The van der Waals surface area contributed by atoms with Crippen molar-refractivity contribution in [1.82, 2.24) is 4.57 Å². The zero-order valence-corrected chi connectivity index (χ0v) is 30.7. The van der Waals surface area contributed by atoms with Crippen LogP contribution in [0.25, 0.3) is 60.9 Å². The maximum absolute atomic E-state index is 6.72. The summed E-state index contributed by atoms with van der Waals surface area (Å²) < 4.78 is 9.25. The van der Waals surface area contributed by atoms with Gasteiger partial charge in [0.15, 0.2) is 0 Å². The Kier molecular flexibility index (Phi) is 5.85. The summed E-state index contributed by atoms with van der Waals surface area (Å²) in [6.07, 6.45) is 0. The Labute approximate surface area is 324 Å². The van der Waals surface area contributed by atoms with E-state index < -0.39 is 5.41 Å². The Morgan fingerprint density at radius 3 is 2.04 bits per heavy atom. The molecule has 0 saturated heterocycles. The van der Waals surface area contributed by atoms with Crippen molar-refractivity contribution in [1.29, 1.82) is 0 Å². The minimum atomic E-state index is -0.539. The quantitative estimate of drug-likeness (QED) is 0.170. The highest BCUT2D eigenvalue weighted by Gasteiger charge is 2.53. The number of nitrogens with zero attached hydrogens (tertiary/aromatic N) is 2. The van der Waals surface area contributed by atoms with E-state index in [0.29, 0.717) is 0 Å². The van der Waals surface area contributed by atoms with Crippen LogP contribution in [0, 0.1) is 6.92 Å². The molecule has 0 unspecified atom stereocenters. The van der Waals surface area contributed by atoms with Crippen molar-refractivity contribution in [3.63, 3.8) is 0 Å². The van der Waals surface area contributed by atoms with Gasteiger partial charge in [0.2, 0.25) is 0 Å². The molecule has 8 aromatic carbocycles. The van der Waals surface area contributed by atoms with Crippen LogP contribution in [0.5, 0.6) is 0 Å². The van der Waals surface area contributed by atoms with E-state index in [1.54, 1.807) is 0 Å². The van der Waals surface area contributed by atoms with Gasteiger partial charge in [0.25, 0.3) is 0 Å². The van der Waals surface area contributed by atoms with E-state index in [1.807, 2.05) is 0 Å². The fraction of sp³-hybridized carbons (Fsp3) is 0.0385. The zero-order valence-electron chi connectivity index (χ0n) is 30.7. The van der Waals surface area contributed by atoms with Gasteiger partial charge in [-0.15, -0.1) is 0 Å². The summed E-state index contributed by atoms with van der Waals surface area (Å²) in [6, 6.07) is 67.3. The molecule has 0 atom stereocenters. The van der Waals surface area contributed by atoms with Crippen LogP contribution < -0.4 is 15.7 Å². The second-order valence-electron chi connectivity index (χ2n) is 15.6. The minimum absolute atomic E-state index is 0.0845. The molecule has 0 bridgehead atoms. The number of aryl methyl sites for hydroxylation is 1. The van der Waals surface area contributed by atoms with Gasteiger partial charge in [-0.1, -0.05) is 158 Å². The highest BCUT2D eigenvalue weighted by molar-refractivity contribution is 6.94. The van der Waals surface area contributed by atoms with E-state index >= 15 is 0 Å². The molecule has 0 N–H and O–H groups in total. The van der Waals surface area contributed by atoms with Gasteiger partial charge in [-0.3, -0.25) is 0 Å². The van der Waals surface area contributed by atoms with Crippen LogP contribution >= 0.6 is 0 Å². The van der Waals surface area contributed by atoms with Gasteiger partial charge in [0, 0.05) is 50.4 Å². The van der Waals surface area contributed by atoms with Crippen LogP contribution in [0.2, 0.25) is 0 Å². The Balaban J connectivity index is 1.21. The van der Waals surface area contributed by atoms with Gasteiger partial charge in [-0.05, 0) is 69.4 Å². The van der Waals surface area contributed by atoms with E-state index in [0.717, 1.165) is 22.3 Å². The summed E-state index contributed by atoms with van der Waals surface area (Å²) in [5, 5.41) is 3.72. The van der Waals surface area contributed by atoms with E-state index in [4.69, 9.17) is 4.42 Å². The molecule has 0 fully saturated rings. The number of furan rings is 1. The Morgan fingerprint density at radius 2 is 1.25 bits per heavy atom. The Morgan fingerprint density at radius 1 is 0.571 bits per heavy atom. The van der Waals surface area contributed by atoms with Gasteiger partial charge in [0.05, 0.1) is 16.4 Å². The molecule has 5 heterocycles. The summed E-state index contributed by atoms with van der Waals surface area (Å²) >= 11 is 0. The van der Waals surface area contributed by atoms with Crippen LogP contribution in [-0.2, 0) is 5.41 Å². The molecule has 0 saturated carbocycles. The van der Waals surface area contributed by atoms with Crippen molar-refractivity contribution < 1.29 is 4.42 Å². The highest BCUT2D eigenvalue weighted by Crippen LogP contribution is 2.60. The first-order valence-corrected chi connectivity index (χ1v) is 19.6. The smallest absolute Gasteiger partial charge is 0.333 e. The molecule has 0 aliphatic carbocycles. The molecule has 56 heavy (non-hydrogen) atoms. The second-order valence-corrected chi connectivity index (χ2v) is 15.6. The third-order valence-electron chi connectivity index (χ3n) is 12.9. The third kappa shape index (κ3) is 3.65. The van der Waals surface area contributed by atoms with Gasteiger partial charge in [-0.25, -0.2) is 0 Å². The van der Waals surface area contributed by atoms with Gasteiger partial charge in [0.1, 0.15) is 11.3 Å². The van der Waals surface area contributed by atoms with E-state index in [1.165, 1.54) is 88.7 Å². The molecule has 3 aliphatic heterocycles. The number of hydrogen-bond donors (Lipinski definition) is 0. The van der Waals surface area contributed by atoms with Crippen LogP contribution in [0.4, 0.5) is 11.4 Å². The van der Waals surface area contributed by atoms with Crippen LogP contribution in [0.1, 0.15) is 27.8 Å². The molecule has 0 radical (unpaired) electrons. The SMILES string of the molecule is Cc1cc2c3c4c1c1ccccc1n4-c1cc4oc(-c5ccccc5)cc4cc1B3N1c3ccccc3C(c3ccccc3)(c3ccccc3)c3cccc-2c31. The molecule has 0 spiro atoms. The summed E-state index contributed by atoms with van der Waals surface area (Å²) in [4.78, 5) is 2.70. The first kappa shape index (κ1) is 30.3. The summed E-state index contributed by atoms with van der Waals surface area (Å²) in [5.41, 5.74) is 19.3. The number of benzene rings is 8. The summed E-state index contributed by atoms with van der Waals surface area (Å²) in [5.74, 6) is 0.884. The number of fused-ring (bicyclic) bond motifs is 11. The molecule has 260 valence electrons. The predicted molar refractivity (Wildman–Crippen MR) is 232 cm³/mol. The molecule has 0 amide bonds. The molecular formula is C52H33BN2O. The maximum atomic E-state index is 6.72. The first-order valence-electron chi connectivity index (χ1n) is 19.6. The molecule has 2 aromatic heterocycles. The number of anilines is 2. The molecule has 3 nitrogen and oxygen atoms in total. The van der Waals surface area contributed by atoms with Crippen molar-refractivity contribution in [3.8, 4) is 28.1 Å². The fourth-order valence-electron chi connectivity index (χ4n) is 10.8. The average molecular weight is 713 g/mol. The Bertz CT molecular complexity index is 3230. The number of hydrogen-bond acceptors (Lipinski definition) is 2. The lowest BCUT2D eigenvalue weighted by atomic mass is 9.42. The van der Waals surface area contributed by atoms with Crippen LogP contribution in [-0.4, -0.2) is 11.4 Å². The third-order valence-corrected chi connectivity index (χ3v) is 12.9. The standard InChI is InChI=1S/C52H33BN2O/c1-32-28-39-37-23-15-25-41-50(37)55(44-27-14-12-24-40(44)52(41,35-18-7-3-8-19-35)36-20-9-4-10-21-36)53-42-29-34-30-46(33-16-5-2-6-17-33)56-47(34)31-45(42)54-43-26-13-11-22-38(43)48(32)51(54)49(39)53/h2-31H,1H3. The molecular weight excluding hydrogens is 679 g/mol. The maximum Gasteiger partial charge on any atom is 0.333 e. The fourth-order valence-corrected chi connectivity index (χ4v) is 10.8. The molecule has 3 aliphatic rings. The van der Waals surface area contributed by atoms with E-state index in [-0.39, 0.29) is 6.85 Å². The topological polar surface area (TPSA) is 21.3 Å². The lowest BCUT2D eigenvalue weighted by Crippen LogP contribution is -2.62. The van der Waals surface area contributed by atoms with Crippen molar-refractivity contribution in [2.75, 3.05) is 4.81 Å². The van der Waals surface area contributed by atoms with Crippen molar-refractivity contribution in [2.24, 2.45) is 0 Å². The summed E-state index contributed by atoms with van der Waals surface area (Å²) in [6.45, 7) is 2.22. The largest absolute Gasteiger partial charge is 0.456 e. The van der Waals surface area contributed by atoms with Crippen molar-refractivity contribution >= 4 is 61.9 Å². The van der Waals surface area contributed by atoms with Gasteiger partial charge in [-0.2, -0.15) is 0 Å². The second kappa shape index (κ2) is 10.8. The first-order chi connectivity index (χ1) is 27.7. The van der Waals surface area contributed by atoms with Gasteiger partial charge < -0.3 is 13.8 Å². The summed E-state index contributed by atoms with van der Waals surface area (Å²) in [7, 11) is 0. The number of rotatable bonds is 3. The van der Waals surface area contributed by atoms with Crippen LogP contribution in [0.15, 0.2) is 186 Å². The Hall–Kier alpha value is -7.04. The van der Waals surface area contributed by atoms with E-state index in [2.05, 4.69) is 198 Å². The predicted octanol–water partition coefficient (Wildman–Crippen LogP) is 11.4. The van der Waals surface area contributed by atoms with Crippen molar-refractivity contribution in [3.05, 3.63) is 210 Å². The normalized spacial score (nSPS) is 14.2. The van der Waals surface area contributed by atoms with Gasteiger partial charge >= 0.3 is 6.85 Å². The average Bonchev–Trinajstić information content (AvgIpc) is 3.84. The number of para-hydroxylation sites is 3. The molecule has 10 aromatic rings. The minimum Gasteiger partial charge on any atom is -0.456 e. The highest BCUT2D eigenvalue weighted by atomic mass is 16.3. The number of aromatic nitrogens is 1.